The molecule has 0 saturated carbocycles. The predicted octanol–water partition coefficient (Wildman–Crippen LogP) is 3.11. The summed E-state index contributed by atoms with van der Waals surface area (Å²) in [5.74, 6) is -0.107. The highest BCUT2D eigenvalue weighted by Crippen LogP contribution is 2.22. The molecule has 3 heteroatoms. The quantitative estimate of drug-likeness (QED) is 0.902. The van der Waals surface area contributed by atoms with E-state index in [0.29, 0.717) is 12.8 Å². The van der Waals surface area contributed by atoms with E-state index in [1.807, 2.05) is 38.1 Å². The second-order valence-corrected chi connectivity index (χ2v) is 4.78. The van der Waals surface area contributed by atoms with E-state index in [1.54, 1.807) is 0 Å². The minimum Gasteiger partial charge on any atom is -0.382 e. The Morgan fingerprint density at radius 2 is 1.88 bits per heavy atom. The molecule has 16 heavy (non-hydrogen) atoms. The highest BCUT2D eigenvalue weighted by molar-refractivity contribution is 9.10. The van der Waals surface area contributed by atoms with Crippen molar-refractivity contribution in [2.75, 3.05) is 0 Å². The minimum absolute atomic E-state index is 0.107. The molecule has 0 aliphatic heterocycles. The minimum atomic E-state index is -1.17. The number of ketones is 1. The van der Waals surface area contributed by atoms with Gasteiger partial charge in [-0.15, -0.1) is 0 Å². The van der Waals surface area contributed by atoms with Crippen LogP contribution in [0.25, 0.3) is 0 Å². The van der Waals surface area contributed by atoms with E-state index in [1.165, 1.54) is 0 Å². The number of halogens is 1. The second-order valence-electron chi connectivity index (χ2n) is 3.93. The van der Waals surface area contributed by atoms with Gasteiger partial charge in [0.15, 0.2) is 5.78 Å². The number of hydrogen-bond acceptors (Lipinski definition) is 2. The fourth-order valence-electron chi connectivity index (χ4n) is 1.62. The molecule has 1 rings (SSSR count). The molecule has 0 heterocycles. The highest BCUT2D eigenvalue weighted by atomic mass is 79.9. The summed E-state index contributed by atoms with van der Waals surface area (Å²) in [6.07, 6.45) is 1.21. The zero-order valence-electron chi connectivity index (χ0n) is 9.66. The Morgan fingerprint density at radius 1 is 1.31 bits per heavy atom. The molecule has 0 aliphatic carbocycles. The fraction of sp³-hybridized carbons (Fsp3) is 0.462. The van der Waals surface area contributed by atoms with Crippen molar-refractivity contribution in [3.8, 4) is 0 Å². The molecule has 1 aromatic rings. The summed E-state index contributed by atoms with van der Waals surface area (Å²) in [6, 6.07) is 7.60. The second kappa shape index (κ2) is 5.60. The largest absolute Gasteiger partial charge is 0.382 e. The van der Waals surface area contributed by atoms with Crippen LogP contribution in [-0.4, -0.2) is 16.5 Å². The van der Waals surface area contributed by atoms with Gasteiger partial charge in [0.05, 0.1) is 0 Å². The first-order valence-electron chi connectivity index (χ1n) is 5.52. The van der Waals surface area contributed by atoms with Gasteiger partial charge in [-0.3, -0.25) is 4.79 Å². The molecule has 0 amide bonds. The average molecular weight is 285 g/mol. The van der Waals surface area contributed by atoms with E-state index in [4.69, 9.17) is 0 Å². The Balaban J connectivity index is 2.83. The van der Waals surface area contributed by atoms with Gasteiger partial charge in [-0.1, -0.05) is 48.0 Å². The number of carbonyl (C=O) groups is 1. The molecule has 1 aromatic carbocycles. The lowest BCUT2D eigenvalue weighted by Gasteiger charge is -2.23. The van der Waals surface area contributed by atoms with Gasteiger partial charge in [-0.05, 0) is 24.5 Å². The molecule has 88 valence electrons. The van der Waals surface area contributed by atoms with Crippen LogP contribution in [0.15, 0.2) is 28.7 Å². The number of hydrogen-bond donors (Lipinski definition) is 1. The maximum atomic E-state index is 12.0. The Labute approximate surface area is 105 Å². The van der Waals surface area contributed by atoms with Crippen LogP contribution in [0.5, 0.6) is 0 Å². The summed E-state index contributed by atoms with van der Waals surface area (Å²) in [5.41, 5.74) is -0.247. The number of Topliss-reactive ketones (excluding diaryl/α,β-unsaturated/α-hetero) is 1. The molecule has 0 bridgehead atoms. The number of rotatable bonds is 5. The van der Waals surface area contributed by atoms with Gasteiger partial charge >= 0.3 is 0 Å². The van der Waals surface area contributed by atoms with Crippen LogP contribution in [0, 0.1) is 0 Å². The highest BCUT2D eigenvalue weighted by Gasteiger charge is 2.31. The standard InChI is InChI=1S/C13H17BrO2/c1-3-13(16,4-2)12(15)9-10-7-5-6-8-11(10)14/h5-8,16H,3-4,9H2,1-2H3. The van der Waals surface area contributed by atoms with Crippen LogP contribution in [0.1, 0.15) is 32.3 Å². The van der Waals surface area contributed by atoms with Gasteiger partial charge in [-0.2, -0.15) is 0 Å². The predicted molar refractivity (Wildman–Crippen MR) is 68.4 cm³/mol. The smallest absolute Gasteiger partial charge is 0.168 e. The van der Waals surface area contributed by atoms with Crippen molar-refractivity contribution in [1.29, 1.82) is 0 Å². The molecule has 0 radical (unpaired) electrons. The molecular weight excluding hydrogens is 268 g/mol. The van der Waals surface area contributed by atoms with Gasteiger partial charge in [0, 0.05) is 10.9 Å². The van der Waals surface area contributed by atoms with Crippen molar-refractivity contribution in [1.82, 2.24) is 0 Å². The molecule has 2 nitrogen and oxygen atoms in total. The monoisotopic (exact) mass is 284 g/mol. The SMILES string of the molecule is CCC(O)(CC)C(=O)Cc1ccccc1Br. The summed E-state index contributed by atoms with van der Waals surface area (Å²) >= 11 is 3.40. The third kappa shape index (κ3) is 2.92. The summed E-state index contributed by atoms with van der Waals surface area (Å²) in [5, 5.41) is 10.1. The molecule has 0 spiro atoms. The van der Waals surface area contributed by atoms with Gasteiger partial charge in [0.1, 0.15) is 5.60 Å². The van der Waals surface area contributed by atoms with Crippen LogP contribution < -0.4 is 0 Å². The third-order valence-electron chi connectivity index (χ3n) is 3.00. The van der Waals surface area contributed by atoms with E-state index in [-0.39, 0.29) is 12.2 Å². The van der Waals surface area contributed by atoms with Gasteiger partial charge in [-0.25, -0.2) is 0 Å². The number of carbonyl (C=O) groups excluding carboxylic acids is 1. The molecule has 0 aromatic heterocycles. The van der Waals surface area contributed by atoms with Gasteiger partial charge in [0.2, 0.25) is 0 Å². The van der Waals surface area contributed by atoms with E-state index in [9.17, 15) is 9.90 Å². The van der Waals surface area contributed by atoms with Crippen LogP contribution in [0.2, 0.25) is 0 Å². The summed E-state index contributed by atoms with van der Waals surface area (Å²) in [7, 11) is 0. The lowest BCUT2D eigenvalue weighted by molar-refractivity contribution is -0.137. The Kier molecular flexibility index (Phi) is 4.69. The van der Waals surface area contributed by atoms with Crippen LogP contribution in [0.4, 0.5) is 0 Å². The summed E-state index contributed by atoms with van der Waals surface area (Å²) in [4.78, 5) is 12.0. The molecule has 1 N–H and O–H groups in total. The topological polar surface area (TPSA) is 37.3 Å². The lowest BCUT2D eigenvalue weighted by atomic mass is 9.88. The lowest BCUT2D eigenvalue weighted by Crippen LogP contribution is -2.38. The fourth-order valence-corrected chi connectivity index (χ4v) is 2.05. The van der Waals surface area contributed by atoms with E-state index in [2.05, 4.69) is 15.9 Å². The maximum absolute atomic E-state index is 12.0. The Hall–Kier alpha value is -0.670. The Bertz CT molecular complexity index is 370. The molecule has 0 aliphatic rings. The van der Waals surface area contributed by atoms with Crippen LogP contribution in [-0.2, 0) is 11.2 Å². The van der Waals surface area contributed by atoms with Crippen molar-refractivity contribution in [2.45, 2.75) is 38.7 Å². The average Bonchev–Trinajstić information content (AvgIpc) is 2.31. The molecule has 0 fully saturated rings. The molecule has 0 unspecified atom stereocenters. The van der Waals surface area contributed by atoms with Crippen molar-refractivity contribution in [2.24, 2.45) is 0 Å². The summed E-state index contributed by atoms with van der Waals surface area (Å²) in [6.45, 7) is 3.67. The summed E-state index contributed by atoms with van der Waals surface area (Å²) < 4.78 is 0.915. The van der Waals surface area contributed by atoms with Gasteiger partial charge in [0.25, 0.3) is 0 Å². The zero-order chi connectivity index (χ0) is 12.2. The van der Waals surface area contributed by atoms with Crippen molar-refractivity contribution >= 4 is 21.7 Å². The first kappa shape index (κ1) is 13.4. The van der Waals surface area contributed by atoms with E-state index < -0.39 is 5.60 Å². The van der Waals surface area contributed by atoms with E-state index in [0.717, 1.165) is 10.0 Å². The molecule has 0 atom stereocenters. The van der Waals surface area contributed by atoms with Crippen molar-refractivity contribution < 1.29 is 9.90 Å². The Morgan fingerprint density at radius 3 is 2.38 bits per heavy atom. The zero-order valence-corrected chi connectivity index (χ0v) is 11.3. The van der Waals surface area contributed by atoms with Crippen molar-refractivity contribution in [3.63, 3.8) is 0 Å². The van der Waals surface area contributed by atoms with E-state index >= 15 is 0 Å². The maximum Gasteiger partial charge on any atom is 0.168 e. The van der Waals surface area contributed by atoms with Crippen molar-refractivity contribution in [3.05, 3.63) is 34.3 Å². The van der Waals surface area contributed by atoms with Crippen LogP contribution >= 0.6 is 15.9 Å². The van der Waals surface area contributed by atoms with Crippen LogP contribution in [0.3, 0.4) is 0 Å². The molecule has 0 saturated heterocycles. The third-order valence-corrected chi connectivity index (χ3v) is 3.77. The van der Waals surface area contributed by atoms with Gasteiger partial charge < -0.3 is 5.11 Å². The molecular formula is C13H17BrO2. The first-order valence-corrected chi connectivity index (χ1v) is 6.32. The number of benzene rings is 1. The first-order chi connectivity index (χ1) is 7.53. The number of aliphatic hydroxyl groups is 1. The normalized spacial score (nSPS) is 11.5.